The van der Waals surface area contributed by atoms with Crippen LogP contribution in [-0.4, -0.2) is 53.2 Å². The molecule has 1 aliphatic heterocycles. The number of amides is 2. The van der Waals surface area contributed by atoms with E-state index >= 15 is 0 Å². The van der Waals surface area contributed by atoms with E-state index in [4.69, 9.17) is 11.6 Å². The Morgan fingerprint density at radius 1 is 1.12 bits per heavy atom. The highest BCUT2D eigenvalue weighted by molar-refractivity contribution is 6.35. The van der Waals surface area contributed by atoms with E-state index < -0.39 is 0 Å². The summed E-state index contributed by atoms with van der Waals surface area (Å²) in [6, 6.07) is 0.102. The molecule has 0 unspecified atom stereocenters. The molecule has 0 aromatic rings. The number of alkyl halides is 1. The van der Waals surface area contributed by atoms with Gasteiger partial charge in [-0.15, -0.1) is 11.6 Å². The van der Waals surface area contributed by atoms with Crippen LogP contribution in [0.1, 0.15) is 33.1 Å². The van der Waals surface area contributed by atoms with Gasteiger partial charge >= 0.3 is 11.8 Å². The zero-order valence-electron chi connectivity index (χ0n) is 10.6. The third-order valence-electron chi connectivity index (χ3n) is 3.03. The summed E-state index contributed by atoms with van der Waals surface area (Å²) in [5.41, 5.74) is 0. The van der Waals surface area contributed by atoms with Crippen molar-refractivity contribution in [2.45, 2.75) is 39.2 Å². The highest BCUT2D eigenvalue weighted by Gasteiger charge is 2.33. The minimum atomic E-state index is -0.358. The van der Waals surface area contributed by atoms with Crippen molar-refractivity contribution in [1.82, 2.24) is 9.80 Å². The van der Waals surface area contributed by atoms with Gasteiger partial charge in [0, 0.05) is 31.6 Å². The lowest BCUT2D eigenvalue weighted by Crippen LogP contribution is -2.56. The predicted octanol–water partition coefficient (Wildman–Crippen LogP) is 1.47. The molecule has 5 heteroatoms. The zero-order chi connectivity index (χ0) is 12.8. The van der Waals surface area contributed by atoms with Gasteiger partial charge in [-0.3, -0.25) is 9.59 Å². The molecule has 0 aromatic heterocycles. The summed E-state index contributed by atoms with van der Waals surface area (Å²) in [4.78, 5) is 26.9. The van der Waals surface area contributed by atoms with Gasteiger partial charge in [-0.2, -0.15) is 0 Å². The molecule has 1 saturated heterocycles. The van der Waals surface area contributed by atoms with E-state index in [9.17, 15) is 9.59 Å². The predicted molar refractivity (Wildman–Crippen MR) is 68.0 cm³/mol. The molecule has 0 atom stereocenters. The lowest BCUT2D eigenvalue weighted by Gasteiger charge is -2.36. The van der Waals surface area contributed by atoms with Crippen LogP contribution in [0.3, 0.4) is 0 Å². The van der Waals surface area contributed by atoms with Crippen LogP contribution in [0.25, 0.3) is 0 Å². The number of nitrogens with zero attached hydrogens (tertiary/aromatic N) is 2. The monoisotopic (exact) mass is 260 g/mol. The molecule has 0 bridgehead atoms. The molecular weight excluding hydrogens is 240 g/mol. The van der Waals surface area contributed by atoms with Crippen molar-refractivity contribution in [1.29, 1.82) is 0 Å². The van der Waals surface area contributed by atoms with E-state index in [1.165, 1.54) is 0 Å². The van der Waals surface area contributed by atoms with Crippen molar-refractivity contribution in [2.24, 2.45) is 0 Å². The molecule has 0 aliphatic carbocycles. The van der Waals surface area contributed by atoms with Crippen molar-refractivity contribution in [3.63, 3.8) is 0 Å². The molecular formula is C12H21ClN2O2. The first kappa shape index (κ1) is 14.3. The van der Waals surface area contributed by atoms with Crippen molar-refractivity contribution >= 4 is 23.4 Å². The Kier molecular flexibility index (Phi) is 5.75. The molecule has 2 amide bonds. The average Bonchev–Trinajstić information content (AvgIpc) is 2.29. The number of carbonyl (C=O) groups excluding carboxylic acids is 2. The lowest BCUT2D eigenvalue weighted by atomic mass is 10.2. The Morgan fingerprint density at radius 2 is 1.82 bits per heavy atom. The van der Waals surface area contributed by atoms with E-state index in [0.29, 0.717) is 25.5 Å². The Balaban J connectivity index is 2.40. The van der Waals surface area contributed by atoms with Gasteiger partial charge in [0.25, 0.3) is 0 Å². The fourth-order valence-electron chi connectivity index (χ4n) is 1.97. The summed E-state index contributed by atoms with van der Waals surface area (Å²) < 4.78 is 0. The minimum absolute atomic E-state index is 0.102. The molecule has 98 valence electrons. The molecule has 4 nitrogen and oxygen atoms in total. The first-order chi connectivity index (χ1) is 8.07. The number of piperazine rings is 1. The second-order valence-electron chi connectivity index (χ2n) is 4.63. The maximum Gasteiger partial charge on any atom is 0.312 e. The maximum absolute atomic E-state index is 11.8. The summed E-state index contributed by atoms with van der Waals surface area (Å²) >= 11 is 5.59. The third-order valence-corrected chi connectivity index (χ3v) is 3.29. The summed E-state index contributed by atoms with van der Waals surface area (Å²) in [5, 5.41) is 0. The first-order valence-electron chi connectivity index (χ1n) is 6.23. The summed E-state index contributed by atoms with van der Waals surface area (Å²) in [7, 11) is 0. The molecule has 1 heterocycles. The number of rotatable bonds is 6. The van der Waals surface area contributed by atoms with Gasteiger partial charge < -0.3 is 9.80 Å². The summed E-state index contributed by atoms with van der Waals surface area (Å²) in [6.45, 7) is 5.84. The zero-order valence-corrected chi connectivity index (χ0v) is 11.4. The lowest BCUT2D eigenvalue weighted by molar-refractivity contribution is -0.157. The molecule has 17 heavy (non-hydrogen) atoms. The molecule has 0 radical (unpaired) electrons. The molecule has 0 spiro atoms. The molecule has 0 saturated carbocycles. The van der Waals surface area contributed by atoms with Gasteiger partial charge in [0.1, 0.15) is 0 Å². The highest BCUT2D eigenvalue weighted by atomic mass is 35.5. The van der Waals surface area contributed by atoms with Crippen LogP contribution in [0.5, 0.6) is 0 Å². The largest absolute Gasteiger partial charge is 0.333 e. The van der Waals surface area contributed by atoms with E-state index in [0.717, 1.165) is 19.3 Å². The normalized spacial score (nSPS) is 17.2. The maximum atomic E-state index is 11.8. The van der Waals surface area contributed by atoms with Crippen LogP contribution >= 0.6 is 11.6 Å². The molecule has 1 fully saturated rings. The molecule has 0 N–H and O–H groups in total. The van der Waals surface area contributed by atoms with Crippen LogP contribution in [0, 0.1) is 0 Å². The van der Waals surface area contributed by atoms with Gasteiger partial charge in [0.2, 0.25) is 0 Å². The van der Waals surface area contributed by atoms with Crippen LogP contribution < -0.4 is 0 Å². The van der Waals surface area contributed by atoms with Crippen LogP contribution in [0.4, 0.5) is 0 Å². The molecule has 1 rings (SSSR count). The fourth-order valence-corrected chi connectivity index (χ4v) is 2.16. The summed E-state index contributed by atoms with van der Waals surface area (Å²) in [5.74, 6) is -0.0482. The Morgan fingerprint density at radius 3 is 2.41 bits per heavy atom. The van der Waals surface area contributed by atoms with Gasteiger partial charge in [0.15, 0.2) is 0 Å². The van der Waals surface area contributed by atoms with Crippen LogP contribution in [0.2, 0.25) is 0 Å². The van der Waals surface area contributed by atoms with Crippen molar-refractivity contribution < 1.29 is 9.59 Å². The number of carbonyl (C=O) groups is 2. The fraction of sp³-hybridized carbons (Fsp3) is 0.833. The highest BCUT2D eigenvalue weighted by Crippen LogP contribution is 2.10. The van der Waals surface area contributed by atoms with E-state index in [2.05, 4.69) is 0 Å². The van der Waals surface area contributed by atoms with Crippen molar-refractivity contribution in [3.8, 4) is 0 Å². The smallest absolute Gasteiger partial charge is 0.312 e. The van der Waals surface area contributed by atoms with E-state index in [1.54, 1.807) is 9.80 Å². The Hall–Kier alpha value is -0.770. The van der Waals surface area contributed by atoms with Gasteiger partial charge in [-0.25, -0.2) is 0 Å². The first-order valence-corrected chi connectivity index (χ1v) is 6.77. The van der Waals surface area contributed by atoms with E-state index in [1.807, 2.05) is 13.8 Å². The van der Waals surface area contributed by atoms with E-state index in [-0.39, 0.29) is 17.9 Å². The van der Waals surface area contributed by atoms with Crippen molar-refractivity contribution in [2.75, 3.05) is 25.5 Å². The topological polar surface area (TPSA) is 40.6 Å². The standard InChI is InChI=1S/C12H21ClN2O2/c1-10(2)15-9-8-14(11(16)12(15)17)7-5-3-4-6-13/h10H,3-9H2,1-2H3. The summed E-state index contributed by atoms with van der Waals surface area (Å²) in [6.07, 6.45) is 2.90. The van der Waals surface area contributed by atoms with Crippen LogP contribution in [0.15, 0.2) is 0 Å². The third kappa shape index (κ3) is 3.87. The Labute approximate surface area is 108 Å². The van der Waals surface area contributed by atoms with Gasteiger partial charge in [0.05, 0.1) is 0 Å². The second-order valence-corrected chi connectivity index (χ2v) is 5.01. The average molecular weight is 261 g/mol. The van der Waals surface area contributed by atoms with Gasteiger partial charge in [-0.05, 0) is 26.7 Å². The number of unbranched alkanes of at least 4 members (excludes halogenated alkanes) is 2. The number of halogens is 1. The second kappa shape index (κ2) is 6.84. The number of hydrogen-bond acceptors (Lipinski definition) is 2. The SMILES string of the molecule is CC(C)N1CCN(CCCCCCl)C(=O)C1=O. The number of hydrogen-bond donors (Lipinski definition) is 0. The quantitative estimate of drug-likeness (QED) is 0.412. The minimum Gasteiger partial charge on any atom is -0.333 e. The Bertz CT molecular complexity index is 282. The molecule has 0 aromatic carbocycles. The van der Waals surface area contributed by atoms with Gasteiger partial charge in [-0.1, -0.05) is 6.42 Å². The van der Waals surface area contributed by atoms with Crippen LogP contribution in [-0.2, 0) is 9.59 Å². The van der Waals surface area contributed by atoms with Crippen molar-refractivity contribution in [3.05, 3.63) is 0 Å². The molecule has 1 aliphatic rings.